The Kier molecular flexibility index (Phi) is 4.21. The third kappa shape index (κ3) is 2.86. The Balaban J connectivity index is 1.80. The number of para-hydroxylation sites is 1. The van der Waals surface area contributed by atoms with Crippen molar-refractivity contribution in [3.05, 3.63) is 65.4 Å². The molecule has 0 saturated heterocycles. The van der Waals surface area contributed by atoms with Gasteiger partial charge in [0.15, 0.2) is 11.6 Å². The summed E-state index contributed by atoms with van der Waals surface area (Å²) in [5.41, 5.74) is 4.70. The summed E-state index contributed by atoms with van der Waals surface area (Å²) in [5, 5.41) is 8.11. The molecule has 0 spiro atoms. The summed E-state index contributed by atoms with van der Waals surface area (Å²) in [6, 6.07) is 15.7. The SMILES string of the molecule is COc1ccc(-n2nc(Nc3ccccc3C)c3c2CCCC3=O)cc1. The number of ketones is 1. The number of carbonyl (C=O) groups is 1. The van der Waals surface area contributed by atoms with Crippen LogP contribution in [-0.4, -0.2) is 22.7 Å². The van der Waals surface area contributed by atoms with E-state index in [4.69, 9.17) is 9.84 Å². The van der Waals surface area contributed by atoms with E-state index in [1.165, 1.54) is 0 Å². The Morgan fingerprint density at radius 2 is 1.85 bits per heavy atom. The van der Waals surface area contributed by atoms with Crippen molar-refractivity contribution < 1.29 is 9.53 Å². The van der Waals surface area contributed by atoms with Crippen LogP contribution in [0.2, 0.25) is 0 Å². The van der Waals surface area contributed by atoms with Gasteiger partial charge in [-0.05, 0) is 55.7 Å². The first-order valence-electron chi connectivity index (χ1n) is 8.79. The van der Waals surface area contributed by atoms with Gasteiger partial charge in [0, 0.05) is 12.1 Å². The first-order chi connectivity index (χ1) is 12.7. The molecule has 1 aromatic heterocycles. The number of hydrogen-bond acceptors (Lipinski definition) is 4. The third-order valence-corrected chi connectivity index (χ3v) is 4.79. The van der Waals surface area contributed by atoms with E-state index in [-0.39, 0.29) is 5.78 Å². The lowest BCUT2D eigenvalue weighted by Gasteiger charge is -2.14. The number of rotatable bonds is 4. The molecule has 1 aliphatic rings. The van der Waals surface area contributed by atoms with Gasteiger partial charge in [-0.25, -0.2) is 4.68 Å². The summed E-state index contributed by atoms with van der Waals surface area (Å²) in [4.78, 5) is 12.6. The van der Waals surface area contributed by atoms with Crippen LogP contribution in [-0.2, 0) is 6.42 Å². The van der Waals surface area contributed by atoms with Gasteiger partial charge in [-0.2, -0.15) is 0 Å². The summed E-state index contributed by atoms with van der Waals surface area (Å²) >= 11 is 0. The lowest BCUT2D eigenvalue weighted by atomic mass is 9.95. The van der Waals surface area contributed by atoms with Gasteiger partial charge < -0.3 is 10.1 Å². The van der Waals surface area contributed by atoms with Gasteiger partial charge in [-0.3, -0.25) is 4.79 Å². The summed E-state index contributed by atoms with van der Waals surface area (Å²) in [5.74, 6) is 1.58. The number of carbonyl (C=O) groups excluding carboxylic acids is 1. The number of fused-ring (bicyclic) bond motifs is 1. The van der Waals surface area contributed by atoms with Crippen LogP contribution in [0.15, 0.2) is 48.5 Å². The Bertz CT molecular complexity index is 958. The van der Waals surface area contributed by atoms with E-state index in [1.807, 2.05) is 60.1 Å². The van der Waals surface area contributed by atoms with Crippen LogP contribution in [0.25, 0.3) is 5.69 Å². The highest BCUT2D eigenvalue weighted by Gasteiger charge is 2.28. The first-order valence-corrected chi connectivity index (χ1v) is 8.79. The van der Waals surface area contributed by atoms with E-state index in [2.05, 4.69) is 5.32 Å². The molecule has 1 N–H and O–H groups in total. The van der Waals surface area contributed by atoms with Crippen molar-refractivity contribution in [2.45, 2.75) is 26.2 Å². The maximum absolute atomic E-state index is 12.6. The second kappa shape index (κ2) is 6.67. The number of nitrogens with zero attached hydrogens (tertiary/aromatic N) is 2. The van der Waals surface area contributed by atoms with Crippen LogP contribution in [0.4, 0.5) is 11.5 Å². The Hall–Kier alpha value is -3.08. The van der Waals surface area contributed by atoms with Crippen LogP contribution >= 0.6 is 0 Å². The van der Waals surface area contributed by atoms with Crippen molar-refractivity contribution in [3.8, 4) is 11.4 Å². The molecular formula is C21H21N3O2. The molecule has 26 heavy (non-hydrogen) atoms. The number of ether oxygens (including phenoxy) is 1. The van der Waals surface area contributed by atoms with Gasteiger partial charge in [-0.15, -0.1) is 5.10 Å². The molecule has 0 aliphatic heterocycles. The van der Waals surface area contributed by atoms with Gasteiger partial charge in [0.1, 0.15) is 5.75 Å². The van der Waals surface area contributed by atoms with E-state index in [1.54, 1.807) is 7.11 Å². The Morgan fingerprint density at radius 3 is 2.58 bits per heavy atom. The number of nitrogens with one attached hydrogen (secondary N) is 1. The minimum atomic E-state index is 0.155. The van der Waals surface area contributed by atoms with Gasteiger partial charge >= 0.3 is 0 Å². The van der Waals surface area contributed by atoms with Gasteiger partial charge in [0.05, 0.1) is 24.1 Å². The third-order valence-electron chi connectivity index (χ3n) is 4.79. The summed E-state index contributed by atoms with van der Waals surface area (Å²) in [6.45, 7) is 2.04. The van der Waals surface area contributed by atoms with Crippen LogP contribution in [0.1, 0.15) is 34.5 Å². The molecule has 4 rings (SSSR count). The molecule has 0 fully saturated rings. The minimum Gasteiger partial charge on any atom is -0.497 e. The minimum absolute atomic E-state index is 0.155. The lowest BCUT2D eigenvalue weighted by molar-refractivity contribution is 0.0973. The van der Waals surface area contributed by atoms with E-state index >= 15 is 0 Å². The first kappa shape index (κ1) is 16.4. The predicted molar refractivity (Wildman–Crippen MR) is 102 cm³/mol. The molecule has 0 radical (unpaired) electrons. The van der Waals surface area contributed by atoms with Crippen molar-refractivity contribution in [2.24, 2.45) is 0 Å². The highest BCUT2D eigenvalue weighted by atomic mass is 16.5. The van der Waals surface area contributed by atoms with Crippen molar-refractivity contribution >= 4 is 17.3 Å². The molecule has 3 aromatic rings. The molecule has 5 nitrogen and oxygen atoms in total. The fourth-order valence-corrected chi connectivity index (χ4v) is 3.38. The molecule has 0 bridgehead atoms. The second-order valence-corrected chi connectivity index (χ2v) is 6.50. The Morgan fingerprint density at radius 1 is 1.08 bits per heavy atom. The number of benzene rings is 2. The van der Waals surface area contributed by atoms with Crippen LogP contribution < -0.4 is 10.1 Å². The zero-order chi connectivity index (χ0) is 18.1. The standard InChI is InChI=1S/C21H21N3O2/c1-14-6-3-4-7-17(14)22-21-20-18(8-5-9-19(20)25)24(23-21)15-10-12-16(26-2)13-11-15/h3-4,6-7,10-13H,5,8-9H2,1-2H3,(H,22,23). The molecule has 1 aliphatic carbocycles. The number of anilines is 2. The maximum Gasteiger partial charge on any atom is 0.168 e. The van der Waals surface area contributed by atoms with Crippen molar-refractivity contribution in [2.75, 3.05) is 12.4 Å². The molecule has 0 saturated carbocycles. The zero-order valence-electron chi connectivity index (χ0n) is 15.0. The smallest absolute Gasteiger partial charge is 0.168 e. The molecule has 2 aromatic carbocycles. The summed E-state index contributed by atoms with van der Waals surface area (Å²) in [7, 11) is 1.65. The summed E-state index contributed by atoms with van der Waals surface area (Å²) in [6.07, 6.45) is 2.27. The van der Waals surface area contributed by atoms with E-state index < -0.39 is 0 Å². The number of aryl methyl sites for hydroxylation is 1. The van der Waals surface area contributed by atoms with Crippen LogP contribution in [0, 0.1) is 6.92 Å². The number of hydrogen-bond donors (Lipinski definition) is 1. The van der Waals surface area contributed by atoms with Crippen molar-refractivity contribution in [1.29, 1.82) is 0 Å². The fraction of sp³-hybridized carbons (Fsp3) is 0.238. The average Bonchev–Trinajstić information content (AvgIpc) is 3.03. The van der Waals surface area contributed by atoms with E-state index in [0.717, 1.165) is 46.8 Å². The predicted octanol–water partition coefficient (Wildman–Crippen LogP) is 4.45. The molecule has 0 amide bonds. The van der Waals surface area contributed by atoms with Crippen LogP contribution in [0.3, 0.4) is 0 Å². The largest absolute Gasteiger partial charge is 0.497 e. The highest BCUT2D eigenvalue weighted by Crippen LogP contribution is 2.32. The Labute approximate surface area is 152 Å². The fourth-order valence-electron chi connectivity index (χ4n) is 3.38. The average molecular weight is 347 g/mol. The number of methoxy groups -OCH3 is 1. The molecular weight excluding hydrogens is 326 g/mol. The molecule has 0 atom stereocenters. The second-order valence-electron chi connectivity index (χ2n) is 6.50. The van der Waals surface area contributed by atoms with Crippen molar-refractivity contribution in [1.82, 2.24) is 9.78 Å². The zero-order valence-corrected chi connectivity index (χ0v) is 15.0. The molecule has 1 heterocycles. The molecule has 5 heteroatoms. The monoisotopic (exact) mass is 347 g/mol. The topological polar surface area (TPSA) is 56.1 Å². The highest BCUT2D eigenvalue weighted by molar-refractivity contribution is 6.03. The molecule has 132 valence electrons. The van der Waals surface area contributed by atoms with E-state index in [0.29, 0.717) is 12.2 Å². The number of aromatic nitrogens is 2. The molecule has 0 unspecified atom stereocenters. The number of Topliss-reactive ketones (excluding diaryl/α,β-unsaturated/α-hetero) is 1. The lowest BCUT2D eigenvalue weighted by Crippen LogP contribution is -2.13. The summed E-state index contributed by atoms with van der Waals surface area (Å²) < 4.78 is 7.12. The van der Waals surface area contributed by atoms with Crippen molar-refractivity contribution in [3.63, 3.8) is 0 Å². The normalized spacial score (nSPS) is 13.4. The van der Waals surface area contributed by atoms with Crippen LogP contribution in [0.5, 0.6) is 5.75 Å². The van der Waals surface area contributed by atoms with Gasteiger partial charge in [0.25, 0.3) is 0 Å². The van der Waals surface area contributed by atoms with Gasteiger partial charge in [-0.1, -0.05) is 18.2 Å². The maximum atomic E-state index is 12.6. The van der Waals surface area contributed by atoms with Gasteiger partial charge in [0.2, 0.25) is 0 Å². The van der Waals surface area contributed by atoms with E-state index in [9.17, 15) is 4.79 Å². The quantitative estimate of drug-likeness (QED) is 0.757.